The second-order valence-electron chi connectivity index (χ2n) is 7.91. The molecule has 9 nitrogen and oxygen atoms in total. The second-order valence-corrected chi connectivity index (χ2v) is 7.91. The van der Waals surface area contributed by atoms with E-state index in [1.807, 2.05) is 20.8 Å². The van der Waals surface area contributed by atoms with Crippen LogP contribution in [0.5, 0.6) is 0 Å². The van der Waals surface area contributed by atoms with E-state index >= 15 is 0 Å². The normalized spacial score (nSPS) is 14.2. The molecule has 0 N–H and O–H groups in total. The van der Waals surface area contributed by atoms with Gasteiger partial charge < -0.3 is 4.74 Å². The Morgan fingerprint density at radius 1 is 1.07 bits per heavy atom. The molecule has 0 bridgehead atoms. The number of ether oxygens (including phenoxy) is 1. The lowest BCUT2D eigenvalue weighted by Gasteiger charge is -2.28. The van der Waals surface area contributed by atoms with E-state index in [4.69, 9.17) is 4.74 Å². The maximum absolute atomic E-state index is 13.2. The van der Waals surface area contributed by atoms with E-state index in [2.05, 4.69) is 10.1 Å². The summed E-state index contributed by atoms with van der Waals surface area (Å²) in [6.07, 6.45) is 3.37. The van der Waals surface area contributed by atoms with Crippen molar-refractivity contribution in [2.75, 3.05) is 20.2 Å². The second kappa shape index (κ2) is 7.65. The Labute approximate surface area is 169 Å². The Kier molecular flexibility index (Phi) is 5.41. The smallest absolute Gasteiger partial charge is 0.338 e. The van der Waals surface area contributed by atoms with Crippen LogP contribution >= 0.6 is 0 Å². The Hall–Kier alpha value is -3.23. The average Bonchev–Trinajstić information content (AvgIpc) is 3.33. The lowest BCUT2D eigenvalue weighted by molar-refractivity contribution is 0.0177. The summed E-state index contributed by atoms with van der Waals surface area (Å²) in [5.74, 6) is -1.42. The predicted octanol–water partition coefficient (Wildman–Crippen LogP) is 1.80. The van der Waals surface area contributed by atoms with Crippen molar-refractivity contribution in [1.82, 2.24) is 24.8 Å². The highest BCUT2D eigenvalue weighted by atomic mass is 16.5. The van der Waals surface area contributed by atoms with E-state index in [-0.39, 0.29) is 22.4 Å². The third-order valence-corrected chi connectivity index (χ3v) is 4.82. The molecule has 2 amide bonds. The van der Waals surface area contributed by atoms with Gasteiger partial charge in [0.05, 0.1) is 23.9 Å². The molecule has 154 valence electrons. The number of amides is 2. The van der Waals surface area contributed by atoms with Gasteiger partial charge in [0.1, 0.15) is 5.69 Å². The minimum Gasteiger partial charge on any atom is -0.465 e. The monoisotopic (exact) mass is 399 g/mol. The van der Waals surface area contributed by atoms with Gasteiger partial charge in [0, 0.05) is 37.9 Å². The first-order valence-electron chi connectivity index (χ1n) is 9.35. The quantitative estimate of drug-likeness (QED) is 0.730. The van der Waals surface area contributed by atoms with Crippen molar-refractivity contribution < 1.29 is 19.1 Å². The number of hydrazine groups is 1. The highest BCUT2D eigenvalue weighted by Crippen LogP contribution is 2.24. The molecule has 9 heteroatoms. The van der Waals surface area contributed by atoms with Gasteiger partial charge in [-0.2, -0.15) is 5.10 Å². The van der Waals surface area contributed by atoms with E-state index in [1.54, 1.807) is 13.1 Å². The van der Waals surface area contributed by atoms with E-state index < -0.39 is 11.9 Å². The largest absolute Gasteiger partial charge is 0.465 e. The lowest BCUT2D eigenvalue weighted by Crippen LogP contribution is -2.45. The van der Waals surface area contributed by atoms with Crippen LogP contribution in [0.2, 0.25) is 0 Å². The highest BCUT2D eigenvalue weighted by molar-refractivity contribution is 6.06. The molecule has 2 aromatic heterocycles. The Morgan fingerprint density at radius 3 is 2.31 bits per heavy atom. The number of hydrogen-bond donors (Lipinski definition) is 0. The van der Waals surface area contributed by atoms with Gasteiger partial charge in [0.15, 0.2) is 0 Å². The maximum Gasteiger partial charge on any atom is 0.338 e. The average molecular weight is 399 g/mol. The van der Waals surface area contributed by atoms with Gasteiger partial charge in [-0.3, -0.25) is 19.3 Å². The number of aromatic nitrogens is 3. The fourth-order valence-corrected chi connectivity index (χ4v) is 3.19. The fourth-order valence-electron chi connectivity index (χ4n) is 3.19. The van der Waals surface area contributed by atoms with E-state index in [9.17, 15) is 14.4 Å². The number of methoxy groups -OCH3 is 1. The van der Waals surface area contributed by atoms with Crippen molar-refractivity contribution in [3.8, 4) is 0 Å². The minimum absolute atomic E-state index is 0.0967. The van der Waals surface area contributed by atoms with Gasteiger partial charge in [0.25, 0.3) is 11.8 Å². The Morgan fingerprint density at radius 2 is 1.72 bits per heavy atom. The van der Waals surface area contributed by atoms with Gasteiger partial charge in [-0.25, -0.2) is 14.8 Å². The molecule has 3 rings (SSSR count). The van der Waals surface area contributed by atoms with Gasteiger partial charge in [-0.1, -0.05) is 20.8 Å². The van der Waals surface area contributed by atoms with E-state index in [1.165, 1.54) is 40.3 Å². The summed E-state index contributed by atoms with van der Waals surface area (Å²) in [6, 6.07) is 3.19. The molecular formula is C20H25N5O4. The molecule has 1 aliphatic heterocycles. The number of hydrogen-bond acceptors (Lipinski definition) is 6. The van der Waals surface area contributed by atoms with Crippen molar-refractivity contribution in [2.24, 2.45) is 7.05 Å². The van der Waals surface area contributed by atoms with Crippen molar-refractivity contribution >= 4 is 17.8 Å². The number of pyridine rings is 1. The van der Waals surface area contributed by atoms with Crippen LogP contribution in [0, 0.1) is 0 Å². The van der Waals surface area contributed by atoms with Crippen LogP contribution in [0.4, 0.5) is 0 Å². The van der Waals surface area contributed by atoms with Crippen molar-refractivity contribution in [2.45, 2.75) is 32.6 Å². The van der Waals surface area contributed by atoms with Gasteiger partial charge >= 0.3 is 5.97 Å². The van der Waals surface area contributed by atoms with Crippen LogP contribution < -0.4 is 0 Å². The summed E-state index contributed by atoms with van der Waals surface area (Å²) >= 11 is 0. The molecule has 0 atom stereocenters. The molecule has 0 saturated carbocycles. The van der Waals surface area contributed by atoms with Crippen LogP contribution in [0.15, 0.2) is 24.5 Å². The molecule has 1 fully saturated rings. The summed E-state index contributed by atoms with van der Waals surface area (Å²) < 4.78 is 6.29. The van der Waals surface area contributed by atoms with Gasteiger partial charge in [-0.15, -0.1) is 0 Å². The first-order chi connectivity index (χ1) is 13.6. The van der Waals surface area contributed by atoms with Crippen LogP contribution in [-0.4, -0.2) is 62.8 Å². The number of rotatable bonds is 3. The molecule has 3 heterocycles. The molecular weight excluding hydrogens is 374 g/mol. The summed E-state index contributed by atoms with van der Waals surface area (Å²) in [6.45, 7) is 6.82. The molecule has 1 saturated heterocycles. The molecule has 0 aliphatic carbocycles. The maximum atomic E-state index is 13.2. The van der Waals surface area contributed by atoms with Crippen molar-refractivity contribution in [3.05, 3.63) is 47.0 Å². The standard InChI is InChI=1S/C20H25N5O4/c1-20(2,3)16-11-15(23(4)22-16)18(27)25-10-6-9-24(25)17(26)14-12-21-8-7-13(14)19(28)29-5/h7-8,11-12H,6,9-10H2,1-5H3. The van der Waals surface area contributed by atoms with Crippen LogP contribution in [0.3, 0.4) is 0 Å². The number of esters is 1. The lowest BCUT2D eigenvalue weighted by atomic mass is 9.92. The van der Waals surface area contributed by atoms with Crippen LogP contribution in [-0.2, 0) is 17.2 Å². The molecule has 0 aromatic carbocycles. The molecule has 2 aromatic rings. The van der Waals surface area contributed by atoms with Crippen LogP contribution in [0.1, 0.15) is 64.1 Å². The predicted molar refractivity (Wildman–Crippen MR) is 104 cm³/mol. The van der Waals surface area contributed by atoms with Gasteiger partial charge in [0.2, 0.25) is 0 Å². The van der Waals surface area contributed by atoms with Crippen molar-refractivity contribution in [1.29, 1.82) is 0 Å². The summed E-state index contributed by atoms with van der Waals surface area (Å²) in [4.78, 5) is 42.3. The fraction of sp³-hybridized carbons (Fsp3) is 0.450. The number of carbonyl (C=O) groups excluding carboxylic acids is 3. The summed E-state index contributed by atoms with van der Waals surface area (Å²) in [5, 5.41) is 7.20. The topological polar surface area (TPSA) is 97.6 Å². The molecule has 0 unspecified atom stereocenters. The van der Waals surface area contributed by atoms with Crippen LogP contribution in [0.25, 0.3) is 0 Å². The zero-order chi connectivity index (χ0) is 21.3. The first kappa shape index (κ1) is 20.5. The number of carbonyl (C=O) groups is 3. The van der Waals surface area contributed by atoms with E-state index in [0.29, 0.717) is 25.2 Å². The summed E-state index contributed by atoms with van der Waals surface area (Å²) in [7, 11) is 2.96. The molecule has 29 heavy (non-hydrogen) atoms. The highest BCUT2D eigenvalue weighted by Gasteiger charge is 2.35. The number of aryl methyl sites for hydroxylation is 1. The summed E-state index contributed by atoms with van der Waals surface area (Å²) in [5.41, 5.74) is 1.19. The Balaban J connectivity index is 1.91. The zero-order valence-electron chi connectivity index (χ0n) is 17.3. The van der Waals surface area contributed by atoms with Crippen molar-refractivity contribution in [3.63, 3.8) is 0 Å². The third kappa shape index (κ3) is 3.85. The molecule has 0 radical (unpaired) electrons. The first-order valence-corrected chi connectivity index (χ1v) is 9.35. The van der Waals surface area contributed by atoms with Gasteiger partial charge in [-0.05, 0) is 18.6 Å². The zero-order valence-corrected chi connectivity index (χ0v) is 17.3. The third-order valence-electron chi connectivity index (χ3n) is 4.82. The molecule has 0 spiro atoms. The minimum atomic E-state index is -0.630. The number of nitrogens with zero attached hydrogens (tertiary/aromatic N) is 5. The molecule has 1 aliphatic rings. The Bertz CT molecular complexity index is 960. The van der Waals surface area contributed by atoms with E-state index in [0.717, 1.165) is 5.69 Å². The SMILES string of the molecule is COC(=O)c1ccncc1C(=O)N1CCCN1C(=O)c1cc(C(C)(C)C)nn1C.